The molecule has 0 spiro atoms. The SMILES string of the molecule is CC1CCC(C(=O)N[C@@H](C)CO)CC1. The first kappa shape index (κ1) is 11.5. The van der Waals surface area contributed by atoms with Gasteiger partial charge in [0.25, 0.3) is 0 Å². The van der Waals surface area contributed by atoms with Crippen molar-refractivity contribution in [1.82, 2.24) is 5.32 Å². The fourth-order valence-corrected chi connectivity index (χ4v) is 1.93. The Bertz CT molecular complexity index is 186. The van der Waals surface area contributed by atoms with Crippen molar-refractivity contribution in [2.75, 3.05) is 6.61 Å². The highest BCUT2D eigenvalue weighted by atomic mass is 16.3. The molecule has 0 bridgehead atoms. The van der Waals surface area contributed by atoms with Gasteiger partial charge >= 0.3 is 0 Å². The minimum atomic E-state index is -0.109. The molecule has 1 rings (SSSR count). The van der Waals surface area contributed by atoms with Gasteiger partial charge in [-0.15, -0.1) is 0 Å². The second-order valence-electron chi connectivity index (χ2n) is 4.55. The number of hydrogen-bond acceptors (Lipinski definition) is 2. The molecule has 82 valence electrons. The van der Waals surface area contributed by atoms with Crippen LogP contribution in [0, 0.1) is 11.8 Å². The number of hydrogen-bond donors (Lipinski definition) is 2. The van der Waals surface area contributed by atoms with Crippen LogP contribution >= 0.6 is 0 Å². The monoisotopic (exact) mass is 199 g/mol. The van der Waals surface area contributed by atoms with E-state index in [0.717, 1.165) is 31.6 Å². The Balaban J connectivity index is 2.30. The van der Waals surface area contributed by atoms with E-state index in [4.69, 9.17) is 5.11 Å². The molecule has 14 heavy (non-hydrogen) atoms. The minimum absolute atomic E-state index is 0.0227. The van der Waals surface area contributed by atoms with Crippen LogP contribution in [0.4, 0.5) is 0 Å². The Kier molecular flexibility index (Phi) is 4.39. The van der Waals surface area contributed by atoms with Crippen molar-refractivity contribution in [3.8, 4) is 0 Å². The number of aliphatic hydroxyl groups excluding tert-OH is 1. The first-order valence-electron chi connectivity index (χ1n) is 5.54. The van der Waals surface area contributed by atoms with Crippen LogP contribution in [-0.4, -0.2) is 23.7 Å². The van der Waals surface area contributed by atoms with Crippen molar-refractivity contribution in [3.63, 3.8) is 0 Å². The minimum Gasteiger partial charge on any atom is -0.394 e. The Hall–Kier alpha value is -0.570. The molecule has 0 heterocycles. The topological polar surface area (TPSA) is 49.3 Å². The summed E-state index contributed by atoms with van der Waals surface area (Å²) in [6.45, 7) is 4.09. The van der Waals surface area contributed by atoms with Gasteiger partial charge in [0.1, 0.15) is 0 Å². The van der Waals surface area contributed by atoms with Gasteiger partial charge in [0, 0.05) is 12.0 Å². The lowest BCUT2D eigenvalue weighted by Crippen LogP contribution is -2.40. The number of rotatable bonds is 3. The molecule has 3 nitrogen and oxygen atoms in total. The van der Waals surface area contributed by atoms with Gasteiger partial charge in [-0.2, -0.15) is 0 Å². The Morgan fingerprint density at radius 3 is 2.50 bits per heavy atom. The number of carbonyl (C=O) groups excluding carboxylic acids is 1. The zero-order chi connectivity index (χ0) is 10.6. The van der Waals surface area contributed by atoms with Gasteiger partial charge < -0.3 is 10.4 Å². The first-order chi connectivity index (χ1) is 6.63. The third-order valence-electron chi connectivity index (χ3n) is 3.05. The zero-order valence-corrected chi connectivity index (χ0v) is 9.12. The van der Waals surface area contributed by atoms with Crippen LogP contribution in [-0.2, 0) is 4.79 Å². The highest BCUT2D eigenvalue weighted by Crippen LogP contribution is 2.28. The molecule has 0 aliphatic heterocycles. The van der Waals surface area contributed by atoms with E-state index >= 15 is 0 Å². The van der Waals surface area contributed by atoms with Crippen molar-refractivity contribution >= 4 is 5.91 Å². The summed E-state index contributed by atoms with van der Waals surface area (Å²) >= 11 is 0. The van der Waals surface area contributed by atoms with Crippen molar-refractivity contribution in [3.05, 3.63) is 0 Å². The van der Waals surface area contributed by atoms with Gasteiger partial charge in [0.15, 0.2) is 0 Å². The molecule has 1 fully saturated rings. The summed E-state index contributed by atoms with van der Waals surface area (Å²) in [4.78, 5) is 11.7. The quantitative estimate of drug-likeness (QED) is 0.720. The van der Waals surface area contributed by atoms with Crippen molar-refractivity contribution < 1.29 is 9.90 Å². The predicted molar refractivity (Wildman–Crippen MR) is 55.8 cm³/mol. The third kappa shape index (κ3) is 3.29. The Labute approximate surface area is 85.9 Å². The van der Waals surface area contributed by atoms with Gasteiger partial charge in [0.05, 0.1) is 6.61 Å². The van der Waals surface area contributed by atoms with Crippen LogP contribution in [0.5, 0.6) is 0 Å². The molecule has 0 aromatic carbocycles. The van der Waals surface area contributed by atoms with Gasteiger partial charge in [-0.25, -0.2) is 0 Å². The lowest BCUT2D eigenvalue weighted by molar-refractivity contribution is -0.127. The van der Waals surface area contributed by atoms with Gasteiger partial charge in [0.2, 0.25) is 5.91 Å². The number of amides is 1. The lowest BCUT2D eigenvalue weighted by Gasteiger charge is -2.26. The highest BCUT2D eigenvalue weighted by molar-refractivity contribution is 5.78. The molecule has 0 aromatic rings. The van der Waals surface area contributed by atoms with Crippen molar-refractivity contribution in [2.45, 2.75) is 45.6 Å². The van der Waals surface area contributed by atoms with E-state index < -0.39 is 0 Å². The summed E-state index contributed by atoms with van der Waals surface area (Å²) in [6.07, 6.45) is 4.33. The highest BCUT2D eigenvalue weighted by Gasteiger charge is 2.24. The summed E-state index contributed by atoms with van der Waals surface area (Å²) in [7, 11) is 0. The summed E-state index contributed by atoms with van der Waals surface area (Å²) in [5.41, 5.74) is 0. The van der Waals surface area contributed by atoms with Gasteiger partial charge in [-0.1, -0.05) is 6.92 Å². The molecular formula is C11H21NO2. The van der Waals surface area contributed by atoms with Crippen LogP contribution in [0.2, 0.25) is 0 Å². The molecule has 1 atom stereocenters. The maximum Gasteiger partial charge on any atom is 0.223 e. The number of carbonyl (C=O) groups is 1. The fourth-order valence-electron chi connectivity index (χ4n) is 1.93. The third-order valence-corrected chi connectivity index (χ3v) is 3.05. The van der Waals surface area contributed by atoms with E-state index in [2.05, 4.69) is 12.2 Å². The van der Waals surface area contributed by atoms with E-state index in [-0.39, 0.29) is 24.5 Å². The second kappa shape index (κ2) is 5.35. The molecular weight excluding hydrogens is 178 g/mol. The largest absolute Gasteiger partial charge is 0.394 e. The van der Waals surface area contributed by atoms with E-state index in [1.54, 1.807) is 0 Å². The van der Waals surface area contributed by atoms with Crippen LogP contribution < -0.4 is 5.32 Å². The Morgan fingerprint density at radius 1 is 1.43 bits per heavy atom. The summed E-state index contributed by atoms with van der Waals surface area (Å²) < 4.78 is 0. The fraction of sp³-hybridized carbons (Fsp3) is 0.909. The van der Waals surface area contributed by atoms with Crippen LogP contribution in [0.15, 0.2) is 0 Å². The van der Waals surface area contributed by atoms with E-state index in [1.165, 1.54) is 0 Å². The van der Waals surface area contributed by atoms with E-state index in [1.807, 2.05) is 6.92 Å². The summed E-state index contributed by atoms with van der Waals surface area (Å²) in [6, 6.07) is -0.109. The predicted octanol–water partition coefficient (Wildman–Crippen LogP) is 1.31. The number of aliphatic hydroxyl groups is 1. The molecule has 2 N–H and O–H groups in total. The summed E-state index contributed by atoms with van der Waals surface area (Å²) in [5, 5.41) is 11.6. The van der Waals surface area contributed by atoms with Crippen molar-refractivity contribution in [2.24, 2.45) is 11.8 Å². The maximum absolute atomic E-state index is 11.7. The second-order valence-corrected chi connectivity index (χ2v) is 4.55. The normalized spacial score (nSPS) is 29.6. The average molecular weight is 199 g/mol. The average Bonchev–Trinajstić information content (AvgIpc) is 2.18. The zero-order valence-electron chi connectivity index (χ0n) is 9.12. The molecule has 0 radical (unpaired) electrons. The van der Waals surface area contributed by atoms with Gasteiger partial charge in [-0.3, -0.25) is 4.79 Å². The molecule has 1 aliphatic carbocycles. The molecule has 1 aliphatic rings. The molecule has 0 saturated heterocycles. The molecule has 1 amide bonds. The lowest BCUT2D eigenvalue weighted by atomic mass is 9.82. The smallest absolute Gasteiger partial charge is 0.223 e. The van der Waals surface area contributed by atoms with Crippen LogP contribution in [0.1, 0.15) is 39.5 Å². The first-order valence-corrected chi connectivity index (χ1v) is 5.54. The molecule has 0 unspecified atom stereocenters. The van der Waals surface area contributed by atoms with Gasteiger partial charge in [-0.05, 0) is 38.5 Å². The summed E-state index contributed by atoms with van der Waals surface area (Å²) in [5.74, 6) is 1.08. The number of nitrogens with one attached hydrogen (secondary N) is 1. The molecule has 1 saturated carbocycles. The maximum atomic E-state index is 11.7. The molecule has 0 aromatic heterocycles. The van der Waals surface area contributed by atoms with Crippen LogP contribution in [0.3, 0.4) is 0 Å². The standard InChI is InChI=1S/C11H21NO2/c1-8-3-5-10(6-4-8)11(14)12-9(2)7-13/h8-10,13H,3-7H2,1-2H3,(H,12,14)/t8?,9-,10?/m0/s1. The van der Waals surface area contributed by atoms with Crippen molar-refractivity contribution in [1.29, 1.82) is 0 Å². The Morgan fingerprint density at radius 2 is 2.00 bits per heavy atom. The van der Waals surface area contributed by atoms with E-state index in [0.29, 0.717) is 0 Å². The van der Waals surface area contributed by atoms with E-state index in [9.17, 15) is 4.79 Å². The van der Waals surface area contributed by atoms with Crippen LogP contribution in [0.25, 0.3) is 0 Å². The molecule has 3 heteroatoms.